The Balaban J connectivity index is 1.53. The minimum Gasteiger partial charge on any atom is -0.460 e. The summed E-state index contributed by atoms with van der Waals surface area (Å²) in [6.45, 7) is 7.07. The lowest BCUT2D eigenvalue weighted by molar-refractivity contribution is -0.162. The van der Waals surface area contributed by atoms with Gasteiger partial charge in [-0.1, -0.05) is 91.0 Å². The highest BCUT2D eigenvalue weighted by Gasteiger charge is 2.48. The topological polar surface area (TPSA) is 105 Å². The molecule has 0 spiro atoms. The fourth-order valence-electron chi connectivity index (χ4n) is 4.86. The molecule has 0 unspecified atom stereocenters. The molecule has 0 aromatic heterocycles. The first kappa shape index (κ1) is 31.4. The van der Waals surface area contributed by atoms with Crippen LogP contribution < -0.4 is 5.32 Å². The molecule has 226 valence electrons. The summed E-state index contributed by atoms with van der Waals surface area (Å²) in [5.41, 5.74) is 1.76. The van der Waals surface area contributed by atoms with Crippen LogP contribution in [0.5, 0.6) is 0 Å². The van der Waals surface area contributed by atoms with E-state index in [-0.39, 0.29) is 26.1 Å². The van der Waals surface area contributed by atoms with Crippen LogP contribution >= 0.6 is 0 Å². The van der Waals surface area contributed by atoms with Gasteiger partial charge in [0.25, 0.3) is 0 Å². The molecule has 1 N–H and O–H groups in total. The van der Waals surface area contributed by atoms with E-state index in [1.165, 1.54) is 4.90 Å². The van der Waals surface area contributed by atoms with Gasteiger partial charge in [0, 0.05) is 6.54 Å². The lowest BCUT2D eigenvalue weighted by Gasteiger charge is -2.28. The summed E-state index contributed by atoms with van der Waals surface area (Å²) >= 11 is 0. The first-order valence-corrected chi connectivity index (χ1v) is 14.4. The van der Waals surface area contributed by atoms with Crippen molar-refractivity contribution in [2.75, 3.05) is 6.54 Å². The zero-order valence-electron chi connectivity index (χ0n) is 25.1. The van der Waals surface area contributed by atoms with Gasteiger partial charge >= 0.3 is 18.0 Å². The van der Waals surface area contributed by atoms with Crippen molar-refractivity contribution in [3.05, 3.63) is 108 Å². The summed E-state index contributed by atoms with van der Waals surface area (Å²) in [6.07, 6.45) is 0.260. The summed E-state index contributed by atoms with van der Waals surface area (Å²) in [6, 6.07) is 24.4. The Hall–Kier alpha value is -4.50. The van der Waals surface area contributed by atoms with E-state index in [4.69, 9.17) is 9.47 Å². The number of benzene rings is 3. The summed E-state index contributed by atoms with van der Waals surface area (Å²) < 4.78 is 11.2. The number of carbonyl (C=O) groups is 4. The second-order valence-electron chi connectivity index (χ2n) is 11.6. The molecule has 0 bridgehead atoms. The largest absolute Gasteiger partial charge is 0.460 e. The van der Waals surface area contributed by atoms with Crippen molar-refractivity contribution in [3.8, 4) is 0 Å². The molecule has 1 aliphatic rings. The molecular weight excluding hydrogens is 546 g/mol. The van der Waals surface area contributed by atoms with Crippen LogP contribution in [0.1, 0.15) is 44.4 Å². The maximum absolute atomic E-state index is 13.9. The van der Waals surface area contributed by atoms with E-state index in [9.17, 15) is 19.2 Å². The average Bonchev–Trinajstić information content (AvgIpc) is 3.31. The van der Waals surface area contributed by atoms with E-state index in [1.54, 1.807) is 27.7 Å². The number of nitrogens with zero attached hydrogens (tertiary/aromatic N) is 2. The number of imide groups is 1. The Morgan fingerprint density at radius 1 is 0.860 bits per heavy atom. The number of carbonyl (C=O) groups excluding carboxylic acids is 4. The van der Waals surface area contributed by atoms with Crippen LogP contribution in [0.15, 0.2) is 91.0 Å². The van der Waals surface area contributed by atoms with Gasteiger partial charge in [-0.15, -0.1) is 0 Å². The van der Waals surface area contributed by atoms with Crippen LogP contribution in [-0.4, -0.2) is 63.9 Å². The van der Waals surface area contributed by atoms with E-state index >= 15 is 0 Å². The third kappa shape index (κ3) is 8.75. The smallest absolute Gasteiger partial charge is 0.331 e. The maximum Gasteiger partial charge on any atom is 0.331 e. The predicted molar refractivity (Wildman–Crippen MR) is 161 cm³/mol. The molecule has 3 aromatic carbocycles. The number of hydrogen-bond donors (Lipinski definition) is 1. The molecule has 9 heteroatoms. The van der Waals surface area contributed by atoms with Crippen molar-refractivity contribution in [1.29, 1.82) is 0 Å². The molecule has 0 saturated carbocycles. The van der Waals surface area contributed by atoms with Crippen LogP contribution in [0.25, 0.3) is 0 Å². The van der Waals surface area contributed by atoms with E-state index in [2.05, 4.69) is 5.32 Å². The number of esters is 2. The minimum absolute atomic E-state index is 0.00629. The zero-order chi connectivity index (χ0) is 31.0. The molecule has 0 radical (unpaired) electrons. The zero-order valence-corrected chi connectivity index (χ0v) is 25.1. The second kappa shape index (κ2) is 14.1. The van der Waals surface area contributed by atoms with E-state index < -0.39 is 47.6 Å². The first-order valence-electron chi connectivity index (χ1n) is 14.4. The average molecular weight is 586 g/mol. The summed E-state index contributed by atoms with van der Waals surface area (Å²) in [7, 11) is 0. The molecular formula is C34H39N3O6. The van der Waals surface area contributed by atoms with Crippen molar-refractivity contribution >= 4 is 23.9 Å². The Bertz CT molecular complexity index is 1390. The molecule has 1 heterocycles. The lowest BCUT2D eigenvalue weighted by atomic mass is 10.0. The van der Waals surface area contributed by atoms with Gasteiger partial charge in [-0.2, -0.15) is 0 Å². The number of hydrogen-bond acceptors (Lipinski definition) is 7. The van der Waals surface area contributed by atoms with E-state index in [0.29, 0.717) is 0 Å². The van der Waals surface area contributed by atoms with Crippen LogP contribution in [0, 0.1) is 0 Å². The molecule has 3 aromatic rings. The Labute approximate surface area is 252 Å². The number of amides is 3. The molecule has 1 saturated heterocycles. The quantitative estimate of drug-likeness (QED) is 0.331. The fraction of sp³-hybridized carbons (Fsp3) is 0.353. The highest BCUT2D eigenvalue weighted by atomic mass is 16.6. The molecule has 1 aliphatic heterocycles. The SMILES string of the molecule is C[C@@H](N[C@@H](Cc1ccccc1)C(=O)OCc1ccccc1)C(=O)N1C(=O)N(Cc2ccccc2)C[C@H]1C(=O)OC(C)(C)C. The van der Waals surface area contributed by atoms with Gasteiger partial charge in [0.15, 0.2) is 6.04 Å². The van der Waals surface area contributed by atoms with Crippen molar-refractivity contribution in [2.24, 2.45) is 0 Å². The molecule has 0 aliphatic carbocycles. The van der Waals surface area contributed by atoms with Gasteiger partial charge in [-0.25, -0.2) is 14.5 Å². The van der Waals surface area contributed by atoms with Gasteiger partial charge in [-0.3, -0.25) is 14.9 Å². The molecule has 43 heavy (non-hydrogen) atoms. The van der Waals surface area contributed by atoms with Crippen molar-refractivity contribution in [2.45, 2.75) is 71.0 Å². The van der Waals surface area contributed by atoms with Crippen molar-refractivity contribution < 1.29 is 28.7 Å². The normalized spacial score (nSPS) is 16.5. The van der Waals surface area contributed by atoms with Gasteiger partial charge < -0.3 is 14.4 Å². The maximum atomic E-state index is 13.9. The fourth-order valence-corrected chi connectivity index (χ4v) is 4.86. The van der Waals surface area contributed by atoms with E-state index in [1.807, 2.05) is 91.0 Å². The summed E-state index contributed by atoms with van der Waals surface area (Å²) in [5.74, 6) is -1.83. The molecule has 1 fully saturated rings. The number of ether oxygens (including phenoxy) is 2. The van der Waals surface area contributed by atoms with E-state index in [0.717, 1.165) is 21.6 Å². The third-order valence-electron chi connectivity index (χ3n) is 6.93. The van der Waals surface area contributed by atoms with Gasteiger partial charge in [0.05, 0.1) is 12.6 Å². The monoisotopic (exact) mass is 585 g/mol. The molecule has 9 nitrogen and oxygen atoms in total. The van der Waals surface area contributed by atoms with Gasteiger partial charge in [0.1, 0.15) is 18.2 Å². The van der Waals surface area contributed by atoms with Crippen molar-refractivity contribution in [1.82, 2.24) is 15.1 Å². The number of nitrogens with one attached hydrogen (secondary N) is 1. The Morgan fingerprint density at radius 3 is 1.95 bits per heavy atom. The second-order valence-corrected chi connectivity index (χ2v) is 11.6. The van der Waals surface area contributed by atoms with Crippen molar-refractivity contribution in [3.63, 3.8) is 0 Å². The summed E-state index contributed by atoms with van der Waals surface area (Å²) in [5, 5.41) is 3.08. The molecule has 3 amide bonds. The molecule has 4 rings (SSSR count). The van der Waals surface area contributed by atoms with Crippen LogP contribution in [-0.2, 0) is 43.4 Å². The predicted octanol–water partition coefficient (Wildman–Crippen LogP) is 4.49. The van der Waals surface area contributed by atoms with Gasteiger partial charge in [0.2, 0.25) is 5.91 Å². The Kier molecular flexibility index (Phi) is 10.3. The number of rotatable bonds is 11. The third-order valence-corrected chi connectivity index (χ3v) is 6.93. The highest BCUT2D eigenvalue weighted by Crippen LogP contribution is 2.23. The summed E-state index contributed by atoms with van der Waals surface area (Å²) in [4.78, 5) is 56.4. The van der Waals surface area contributed by atoms with Crippen LogP contribution in [0.3, 0.4) is 0 Å². The Morgan fingerprint density at radius 2 is 1.40 bits per heavy atom. The van der Waals surface area contributed by atoms with Gasteiger partial charge in [-0.05, 0) is 50.8 Å². The standard InChI is InChI=1S/C34H39N3O6/c1-24(35-28(20-25-14-8-5-9-15-25)31(39)42-23-27-18-12-7-13-19-27)30(38)37-29(32(40)43-34(2,3)4)22-36(33(37)41)21-26-16-10-6-11-17-26/h5-19,24,28-29,35H,20-23H2,1-4H3/t24-,28+,29+/m1/s1. The van der Waals surface area contributed by atoms with Crippen LogP contribution in [0.2, 0.25) is 0 Å². The lowest BCUT2D eigenvalue weighted by Crippen LogP contribution is -2.55. The number of urea groups is 1. The first-order chi connectivity index (χ1) is 20.5. The van der Waals surface area contributed by atoms with Crippen LogP contribution in [0.4, 0.5) is 4.79 Å². The highest BCUT2D eigenvalue weighted by molar-refractivity contribution is 6.03. The molecule has 3 atom stereocenters. The minimum atomic E-state index is -1.13.